The first-order valence-electron chi connectivity index (χ1n) is 19.3. The molecule has 0 bridgehead atoms. The molecule has 0 saturated carbocycles. The number of carbonyl (C=O) groups excluding carboxylic acids is 2. The summed E-state index contributed by atoms with van der Waals surface area (Å²) in [6, 6.07) is 0. The van der Waals surface area contributed by atoms with Crippen molar-refractivity contribution in [2.75, 3.05) is 26.4 Å². The Hall–Kier alpha value is -1.76. The van der Waals surface area contributed by atoms with E-state index in [1.807, 2.05) is 6.92 Å². The third-order valence-electron chi connectivity index (χ3n) is 9.24. The second kappa shape index (κ2) is 26.9. The van der Waals surface area contributed by atoms with Crippen molar-refractivity contribution >= 4 is 11.9 Å². The molecule has 0 aromatic rings. The average Bonchev–Trinajstić information content (AvgIpc) is 3.13. The molecule has 15 heteroatoms. The Morgan fingerprint density at radius 1 is 0.596 bits per heavy atom. The van der Waals surface area contributed by atoms with Gasteiger partial charge in [-0.25, -0.2) is 0 Å². The minimum absolute atomic E-state index is 0.156. The highest BCUT2D eigenvalue weighted by atomic mass is 16.7. The molecule has 15 nitrogen and oxygen atoms in total. The molecule has 0 amide bonds. The van der Waals surface area contributed by atoms with Crippen LogP contribution in [0.5, 0.6) is 0 Å². The third kappa shape index (κ3) is 17.1. The fraction of sp³-hybridized carbons (Fsp3) is 0.892. The number of aliphatic hydroxyl groups is 7. The fourth-order valence-corrected chi connectivity index (χ4v) is 5.91. The molecule has 0 aromatic carbocycles. The summed E-state index contributed by atoms with van der Waals surface area (Å²) < 4.78 is 33.0. The molecule has 7 N–H and O–H groups in total. The van der Waals surface area contributed by atoms with E-state index >= 15 is 0 Å². The second-order valence-electron chi connectivity index (χ2n) is 13.8. The first-order chi connectivity index (χ1) is 25.0. The maximum atomic E-state index is 12.7. The summed E-state index contributed by atoms with van der Waals surface area (Å²) >= 11 is 0. The van der Waals surface area contributed by atoms with Gasteiger partial charge in [0, 0.05) is 12.8 Å². The predicted molar refractivity (Wildman–Crippen MR) is 188 cm³/mol. The van der Waals surface area contributed by atoms with Gasteiger partial charge in [0.05, 0.1) is 19.8 Å². The molecule has 2 aliphatic rings. The highest BCUT2D eigenvalue weighted by Gasteiger charge is 2.47. The zero-order valence-corrected chi connectivity index (χ0v) is 31.0. The number of esters is 2. The summed E-state index contributed by atoms with van der Waals surface area (Å²) in [6.07, 6.45) is 2.34. The van der Waals surface area contributed by atoms with E-state index in [1.54, 1.807) is 0 Å². The van der Waals surface area contributed by atoms with Gasteiger partial charge in [0.2, 0.25) is 0 Å². The Kier molecular flexibility index (Phi) is 24.0. The summed E-state index contributed by atoms with van der Waals surface area (Å²) in [5.41, 5.74) is 0. The van der Waals surface area contributed by atoms with Crippen LogP contribution in [0.3, 0.4) is 0 Å². The average molecular weight is 751 g/mol. The van der Waals surface area contributed by atoms with Crippen molar-refractivity contribution in [1.29, 1.82) is 0 Å². The Bertz CT molecular complexity index is 981. The van der Waals surface area contributed by atoms with Gasteiger partial charge in [-0.3, -0.25) is 9.59 Å². The van der Waals surface area contributed by atoms with Crippen molar-refractivity contribution in [2.45, 2.75) is 184 Å². The Balaban J connectivity index is 1.86. The second-order valence-corrected chi connectivity index (χ2v) is 13.8. The van der Waals surface area contributed by atoms with Crippen LogP contribution in [0.25, 0.3) is 0 Å². The molecular formula is C37H66O15. The van der Waals surface area contributed by atoms with E-state index in [4.69, 9.17) is 28.4 Å². The van der Waals surface area contributed by atoms with E-state index in [-0.39, 0.29) is 26.1 Å². The largest absolute Gasteiger partial charge is 0.462 e. The minimum atomic E-state index is -1.76. The zero-order chi connectivity index (χ0) is 38.3. The molecule has 11 unspecified atom stereocenters. The molecule has 0 aliphatic carbocycles. The molecule has 0 radical (unpaired) electrons. The molecule has 2 heterocycles. The molecular weight excluding hydrogens is 684 g/mol. The number of allylic oxidation sites excluding steroid dienone is 2. The lowest BCUT2D eigenvalue weighted by Gasteiger charge is -2.42. The van der Waals surface area contributed by atoms with Gasteiger partial charge in [0.1, 0.15) is 55.4 Å². The van der Waals surface area contributed by atoms with Crippen LogP contribution in [0.4, 0.5) is 0 Å². The minimum Gasteiger partial charge on any atom is -0.462 e. The molecule has 52 heavy (non-hydrogen) atoms. The molecule has 11 atom stereocenters. The molecule has 2 fully saturated rings. The standard InChI is InChI=1S/C37H66O15/c1-3-5-7-8-9-10-11-12-13-14-15-16-18-20-29(40)50-25(22-47-28(39)19-17-6-4-2)23-48-36-35(46)33(44)31(42)27(52-36)24-49-37-34(45)32(43)30(41)26(21-38)51-37/h10-11,25-27,30-38,41-46H,3-9,12-24H2,1-2H3/b11-10-. The maximum absolute atomic E-state index is 12.7. The normalized spacial score (nSPS) is 30.0. The zero-order valence-electron chi connectivity index (χ0n) is 31.0. The number of carbonyl (C=O) groups is 2. The summed E-state index contributed by atoms with van der Waals surface area (Å²) in [6.45, 7) is 2.32. The first-order valence-corrected chi connectivity index (χ1v) is 19.3. The SMILES string of the molecule is CCCCCC/C=C\CCCCCCCC(=O)OC(COC(=O)CCCCC)COC1OC(COC2OC(CO)C(O)C(O)C2O)C(O)C(O)C1O. The highest BCUT2D eigenvalue weighted by Crippen LogP contribution is 2.26. The van der Waals surface area contributed by atoms with E-state index in [0.29, 0.717) is 12.8 Å². The van der Waals surface area contributed by atoms with Crippen molar-refractivity contribution in [2.24, 2.45) is 0 Å². The number of rotatable bonds is 27. The topological polar surface area (TPSA) is 231 Å². The third-order valence-corrected chi connectivity index (χ3v) is 9.24. The number of hydrogen-bond donors (Lipinski definition) is 7. The van der Waals surface area contributed by atoms with Crippen molar-refractivity contribution in [3.05, 3.63) is 12.2 Å². The molecule has 0 spiro atoms. The van der Waals surface area contributed by atoms with Crippen LogP contribution in [-0.4, -0.2) is 142 Å². The van der Waals surface area contributed by atoms with Crippen molar-refractivity contribution in [1.82, 2.24) is 0 Å². The van der Waals surface area contributed by atoms with Gasteiger partial charge in [-0.05, 0) is 38.5 Å². The Morgan fingerprint density at radius 2 is 1.10 bits per heavy atom. The van der Waals surface area contributed by atoms with E-state index in [0.717, 1.165) is 51.4 Å². The Morgan fingerprint density at radius 3 is 1.73 bits per heavy atom. The van der Waals surface area contributed by atoms with Crippen LogP contribution in [0.1, 0.15) is 117 Å². The number of unbranched alkanes of at least 4 members (excludes halogenated alkanes) is 11. The van der Waals surface area contributed by atoms with E-state index in [9.17, 15) is 45.3 Å². The summed E-state index contributed by atoms with van der Waals surface area (Å²) in [4.78, 5) is 25.0. The lowest BCUT2D eigenvalue weighted by molar-refractivity contribution is -0.332. The van der Waals surface area contributed by atoms with Gasteiger partial charge in [-0.15, -0.1) is 0 Å². The maximum Gasteiger partial charge on any atom is 0.306 e. The van der Waals surface area contributed by atoms with Gasteiger partial charge < -0.3 is 64.2 Å². The molecule has 2 aliphatic heterocycles. The molecule has 2 rings (SSSR count). The first kappa shape index (κ1) is 46.4. The van der Waals surface area contributed by atoms with E-state index < -0.39 is 92.7 Å². The number of ether oxygens (including phenoxy) is 6. The summed E-state index contributed by atoms with van der Waals surface area (Å²) in [5.74, 6) is -0.966. The van der Waals surface area contributed by atoms with Crippen LogP contribution in [0.2, 0.25) is 0 Å². The van der Waals surface area contributed by atoms with Gasteiger partial charge in [0.25, 0.3) is 0 Å². The molecule has 0 aromatic heterocycles. The van der Waals surface area contributed by atoms with Gasteiger partial charge in [-0.1, -0.05) is 77.4 Å². The van der Waals surface area contributed by atoms with Crippen LogP contribution >= 0.6 is 0 Å². The van der Waals surface area contributed by atoms with Crippen LogP contribution in [0.15, 0.2) is 12.2 Å². The van der Waals surface area contributed by atoms with Crippen molar-refractivity contribution in [3.63, 3.8) is 0 Å². The molecule has 304 valence electrons. The van der Waals surface area contributed by atoms with Crippen molar-refractivity contribution < 1.29 is 73.8 Å². The van der Waals surface area contributed by atoms with E-state index in [1.165, 1.54) is 25.7 Å². The predicted octanol–water partition coefficient (Wildman–Crippen LogP) is 1.92. The van der Waals surface area contributed by atoms with Gasteiger partial charge >= 0.3 is 11.9 Å². The lowest BCUT2D eigenvalue weighted by atomic mass is 9.98. The van der Waals surface area contributed by atoms with E-state index in [2.05, 4.69) is 19.1 Å². The summed E-state index contributed by atoms with van der Waals surface area (Å²) in [7, 11) is 0. The van der Waals surface area contributed by atoms with Crippen LogP contribution < -0.4 is 0 Å². The smallest absolute Gasteiger partial charge is 0.306 e. The quantitative estimate of drug-likeness (QED) is 0.0361. The monoisotopic (exact) mass is 750 g/mol. The summed E-state index contributed by atoms with van der Waals surface area (Å²) in [5, 5.41) is 71.3. The van der Waals surface area contributed by atoms with Crippen molar-refractivity contribution in [3.8, 4) is 0 Å². The number of hydrogen-bond acceptors (Lipinski definition) is 15. The van der Waals surface area contributed by atoms with Crippen LogP contribution in [0, 0.1) is 0 Å². The van der Waals surface area contributed by atoms with Gasteiger partial charge in [-0.2, -0.15) is 0 Å². The Labute approximate surface area is 308 Å². The lowest BCUT2D eigenvalue weighted by Crippen LogP contribution is -2.61. The number of aliphatic hydroxyl groups excluding tert-OH is 7. The molecule has 2 saturated heterocycles. The highest BCUT2D eigenvalue weighted by molar-refractivity contribution is 5.70. The van der Waals surface area contributed by atoms with Crippen LogP contribution in [-0.2, 0) is 38.0 Å². The van der Waals surface area contributed by atoms with Gasteiger partial charge in [0.15, 0.2) is 18.7 Å². The fourth-order valence-electron chi connectivity index (χ4n) is 5.91.